The van der Waals surface area contributed by atoms with Crippen LogP contribution in [0.25, 0.3) is 0 Å². The quantitative estimate of drug-likeness (QED) is 0.782. The summed E-state index contributed by atoms with van der Waals surface area (Å²) in [5.41, 5.74) is -0.000354. The van der Waals surface area contributed by atoms with Crippen molar-refractivity contribution in [2.24, 2.45) is 0 Å². The van der Waals surface area contributed by atoms with Crippen molar-refractivity contribution in [1.82, 2.24) is 20.8 Å². The fourth-order valence-electron chi connectivity index (χ4n) is 1.59. The fourth-order valence-corrected chi connectivity index (χ4v) is 1.59. The van der Waals surface area contributed by atoms with Crippen molar-refractivity contribution in [3.8, 4) is 0 Å². The van der Waals surface area contributed by atoms with Crippen molar-refractivity contribution >= 4 is 11.9 Å². The van der Waals surface area contributed by atoms with E-state index in [2.05, 4.69) is 41.6 Å². The second-order valence-corrected chi connectivity index (χ2v) is 5.35. The third-order valence-electron chi connectivity index (χ3n) is 2.54. The predicted molar refractivity (Wildman–Crippen MR) is 66.1 cm³/mol. The van der Waals surface area contributed by atoms with E-state index in [9.17, 15) is 4.79 Å². The van der Waals surface area contributed by atoms with E-state index in [1.807, 2.05) is 0 Å². The molecule has 7 heteroatoms. The highest BCUT2D eigenvalue weighted by Gasteiger charge is 2.21. The van der Waals surface area contributed by atoms with Gasteiger partial charge >= 0.3 is 6.01 Å². The van der Waals surface area contributed by atoms with E-state index in [1.54, 1.807) is 4.90 Å². The first-order valence-corrected chi connectivity index (χ1v) is 6.03. The number of rotatable bonds is 3. The summed E-state index contributed by atoms with van der Waals surface area (Å²) in [4.78, 5) is 13.0. The lowest BCUT2D eigenvalue weighted by molar-refractivity contribution is -0.120. The number of carbonyl (C=O) groups is 1. The normalized spacial score (nSPS) is 16.8. The number of carbonyl (C=O) groups excluding carboxylic acids is 1. The van der Waals surface area contributed by atoms with Gasteiger partial charge in [-0.25, -0.2) is 0 Å². The maximum Gasteiger partial charge on any atom is 0.318 e. The highest BCUT2D eigenvalue weighted by molar-refractivity contribution is 5.81. The zero-order valence-corrected chi connectivity index (χ0v) is 11.0. The minimum Gasteiger partial charge on any atom is -0.407 e. The maximum atomic E-state index is 11.3. The molecule has 0 radical (unpaired) electrons. The summed E-state index contributed by atoms with van der Waals surface area (Å²) < 4.78 is 5.53. The van der Waals surface area contributed by atoms with Crippen LogP contribution >= 0.6 is 0 Å². The van der Waals surface area contributed by atoms with Crippen molar-refractivity contribution in [3.63, 3.8) is 0 Å². The van der Waals surface area contributed by atoms with Gasteiger partial charge in [-0.1, -0.05) is 5.10 Å². The number of amides is 1. The summed E-state index contributed by atoms with van der Waals surface area (Å²) in [5.74, 6) is 0.514. The Hall–Kier alpha value is -1.63. The standard InChI is InChI=1S/C11H19N5O2/c1-11(2,3)13-6-9-14-15-10(18-9)16-5-4-12-8(17)7-16/h13H,4-7H2,1-3H3,(H,12,17). The van der Waals surface area contributed by atoms with Crippen LogP contribution in [0.15, 0.2) is 4.42 Å². The number of nitrogens with zero attached hydrogens (tertiary/aromatic N) is 3. The Kier molecular flexibility index (Phi) is 3.51. The molecule has 1 saturated heterocycles. The number of nitrogens with one attached hydrogen (secondary N) is 2. The highest BCUT2D eigenvalue weighted by Crippen LogP contribution is 2.13. The first kappa shape index (κ1) is 12.8. The number of hydrogen-bond donors (Lipinski definition) is 2. The number of hydrogen-bond acceptors (Lipinski definition) is 6. The van der Waals surface area contributed by atoms with E-state index < -0.39 is 0 Å². The van der Waals surface area contributed by atoms with Crippen LogP contribution in [0.2, 0.25) is 0 Å². The molecule has 2 rings (SSSR count). The molecule has 0 aromatic carbocycles. The van der Waals surface area contributed by atoms with Crippen molar-refractivity contribution in [3.05, 3.63) is 5.89 Å². The van der Waals surface area contributed by atoms with E-state index in [1.165, 1.54) is 0 Å². The third-order valence-corrected chi connectivity index (χ3v) is 2.54. The third kappa shape index (κ3) is 3.43. The summed E-state index contributed by atoms with van der Waals surface area (Å²) in [5, 5.41) is 14.0. The number of piperazine rings is 1. The molecule has 1 fully saturated rings. The van der Waals surface area contributed by atoms with E-state index >= 15 is 0 Å². The molecule has 1 aliphatic rings. The maximum absolute atomic E-state index is 11.3. The topological polar surface area (TPSA) is 83.3 Å². The minimum absolute atomic E-state index is 0.000354. The fraction of sp³-hybridized carbons (Fsp3) is 0.727. The molecule has 0 saturated carbocycles. The largest absolute Gasteiger partial charge is 0.407 e. The number of anilines is 1. The zero-order valence-electron chi connectivity index (χ0n) is 11.0. The molecule has 0 spiro atoms. The highest BCUT2D eigenvalue weighted by atomic mass is 16.4. The average molecular weight is 253 g/mol. The molecule has 1 amide bonds. The molecule has 1 aliphatic heterocycles. The molecule has 0 aliphatic carbocycles. The van der Waals surface area contributed by atoms with Crippen LogP contribution in [0.5, 0.6) is 0 Å². The Morgan fingerprint density at radius 3 is 2.89 bits per heavy atom. The van der Waals surface area contributed by atoms with E-state index in [0.29, 0.717) is 31.5 Å². The van der Waals surface area contributed by atoms with Gasteiger partial charge in [-0.15, -0.1) is 5.10 Å². The molecule has 7 nitrogen and oxygen atoms in total. The number of aromatic nitrogens is 2. The molecular weight excluding hydrogens is 234 g/mol. The predicted octanol–water partition coefficient (Wildman–Crippen LogP) is -0.106. The monoisotopic (exact) mass is 253 g/mol. The average Bonchev–Trinajstić information content (AvgIpc) is 2.74. The van der Waals surface area contributed by atoms with Gasteiger partial charge in [-0.2, -0.15) is 0 Å². The van der Waals surface area contributed by atoms with Gasteiger partial charge < -0.3 is 20.0 Å². The van der Waals surface area contributed by atoms with E-state index in [4.69, 9.17) is 4.42 Å². The van der Waals surface area contributed by atoms with Crippen LogP contribution in [0.4, 0.5) is 6.01 Å². The Balaban J connectivity index is 1.95. The molecule has 18 heavy (non-hydrogen) atoms. The second-order valence-electron chi connectivity index (χ2n) is 5.35. The lowest BCUT2D eigenvalue weighted by Gasteiger charge is -2.24. The van der Waals surface area contributed by atoms with Gasteiger partial charge in [-0.05, 0) is 20.8 Å². The Labute approximate surface area is 106 Å². The van der Waals surface area contributed by atoms with Crippen molar-refractivity contribution in [1.29, 1.82) is 0 Å². The van der Waals surface area contributed by atoms with Crippen LogP contribution in [0.1, 0.15) is 26.7 Å². The SMILES string of the molecule is CC(C)(C)NCc1nnc(N2CCNC(=O)C2)o1. The molecule has 1 aromatic rings. The van der Waals surface area contributed by atoms with Crippen molar-refractivity contribution < 1.29 is 9.21 Å². The molecular formula is C11H19N5O2. The molecule has 0 unspecified atom stereocenters. The molecule has 0 bridgehead atoms. The summed E-state index contributed by atoms with van der Waals surface area (Å²) in [7, 11) is 0. The van der Waals surface area contributed by atoms with Gasteiger partial charge in [0.15, 0.2) is 0 Å². The Bertz CT molecular complexity index is 423. The molecule has 1 aromatic heterocycles. The lowest BCUT2D eigenvalue weighted by Crippen LogP contribution is -2.47. The van der Waals surface area contributed by atoms with Crippen LogP contribution in [-0.2, 0) is 11.3 Å². The van der Waals surface area contributed by atoms with Gasteiger partial charge in [0.1, 0.15) is 6.54 Å². The van der Waals surface area contributed by atoms with Crippen molar-refractivity contribution in [2.45, 2.75) is 32.9 Å². The second kappa shape index (κ2) is 4.93. The van der Waals surface area contributed by atoms with Crippen LogP contribution in [0.3, 0.4) is 0 Å². The van der Waals surface area contributed by atoms with Gasteiger partial charge in [0, 0.05) is 18.6 Å². The molecule has 0 atom stereocenters. The first-order chi connectivity index (χ1) is 8.44. The van der Waals surface area contributed by atoms with E-state index in [-0.39, 0.29) is 18.0 Å². The van der Waals surface area contributed by atoms with E-state index in [0.717, 1.165) is 0 Å². The minimum atomic E-state index is -0.0196. The smallest absolute Gasteiger partial charge is 0.318 e. The summed E-state index contributed by atoms with van der Waals surface area (Å²) in [6, 6.07) is 0.413. The Morgan fingerprint density at radius 2 is 2.22 bits per heavy atom. The zero-order chi connectivity index (χ0) is 13.2. The first-order valence-electron chi connectivity index (χ1n) is 6.03. The Morgan fingerprint density at radius 1 is 1.44 bits per heavy atom. The van der Waals surface area contributed by atoms with Gasteiger partial charge in [-0.3, -0.25) is 4.79 Å². The molecule has 2 N–H and O–H groups in total. The molecule has 100 valence electrons. The summed E-state index contributed by atoms with van der Waals surface area (Å²) in [6.45, 7) is 8.31. The van der Waals surface area contributed by atoms with Gasteiger partial charge in [0.2, 0.25) is 11.8 Å². The molecule has 2 heterocycles. The summed E-state index contributed by atoms with van der Waals surface area (Å²) in [6.07, 6.45) is 0. The van der Waals surface area contributed by atoms with Crippen LogP contribution in [-0.4, -0.2) is 41.3 Å². The van der Waals surface area contributed by atoms with Gasteiger partial charge in [0.05, 0.1) is 6.54 Å². The van der Waals surface area contributed by atoms with Crippen LogP contribution in [0, 0.1) is 0 Å². The van der Waals surface area contributed by atoms with Crippen molar-refractivity contribution in [2.75, 3.05) is 24.5 Å². The summed E-state index contributed by atoms with van der Waals surface area (Å²) >= 11 is 0. The lowest BCUT2D eigenvalue weighted by atomic mass is 10.1. The van der Waals surface area contributed by atoms with Gasteiger partial charge in [0.25, 0.3) is 0 Å². The van der Waals surface area contributed by atoms with Crippen LogP contribution < -0.4 is 15.5 Å².